The Morgan fingerprint density at radius 3 is 2.15 bits per heavy atom. The lowest BCUT2D eigenvalue weighted by molar-refractivity contribution is -0.141. The van der Waals surface area contributed by atoms with Crippen LogP contribution in [0.25, 0.3) is 0 Å². The van der Waals surface area contributed by atoms with Crippen molar-refractivity contribution in [2.45, 2.75) is 161 Å². The van der Waals surface area contributed by atoms with E-state index in [0.717, 1.165) is 37.1 Å². The SMILES string of the molecule is CCO[C@H](C[C@H](C(C)C)N(C)C(=O)[C@@H](NC(=O)[C@H]1CCCCN1C)[C@@H](C)CC)c1nc(C(=O)NS(=O)(=O)c2ccc(NC(=O)[C@H](CCCNC(N)=O)NC(=O)[C@@H](NC(=O)OC(C)(C)C)C(C)C)cc2)cs1. The normalized spacial score (nSPS) is 16.9. The molecule has 1 aromatic carbocycles. The number of carbonyl (C=O) groups excluding carboxylic acids is 7. The Morgan fingerprint density at radius 1 is 0.930 bits per heavy atom. The zero-order chi connectivity index (χ0) is 53.4. The third-order valence-corrected chi connectivity index (χ3v) is 14.5. The molecule has 3 rings (SSSR count). The molecule has 23 heteroatoms. The molecule has 1 fully saturated rings. The van der Waals surface area contributed by atoms with Gasteiger partial charge in [0.25, 0.3) is 15.9 Å². The molecule has 1 aliphatic heterocycles. The first-order valence-corrected chi connectivity index (χ1v) is 26.7. The molecule has 1 aromatic heterocycles. The van der Waals surface area contributed by atoms with Crippen LogP contribution in [0.3, 0.4) is 0 Å². The van der Waals surface area contributed by atoms with Gasteiger partial charge in [0, 0.05) is 43.7 Å². The molecule has 0 radical (unpaired) electrons. The van der Waals surface area contributed by atoms with Gasteiger partial charge in [0.15, 0.2) is 0 Å². The van der Waals surface area contributed by atoms with Crippen molar-refractivity contribution in [3.63, 3.8) is 0 Å². The first-order chi connectivity index (χ1) is 33.2. The Kier molecular flexibility index (Phi) is 23.2. The van der Waals surface area contributed by atoms with E-state index in [-0.39, 0.29) is 78.0 Å². The number of alkyl carbamates (subject to hydrolysis) is 1. The number of thiazole rings is 1. The van der Waals surface area contributed by atoms with Crippen molar-refractivity contribution in [1.29, 1.82) is 0 Å². The summed E-state index contributed by atoms with van der Waals surface area (Å²) >= 11 is 1.12. The number of benzene rings is 1. The molecule has 2 aromatic rings. The second kappa shape index (κ2) is 27.4. The number of likely N-dealkylation sites (tertiary alicyclic amines) is 1. The molecule has 8 N–H and O–H groups in total. The van der Waals surface area contributed by atoms with Crippen LogP contribution < -0.4 is 37.0 Å². The molecule has 8 amide bonds. The van der Waals surface area contributed by atoms with Crippen LogP contribution in [-0.4, -0.2) is 134 Å². The number of hydrogen-bond acceptors (Lipinski definition) is 14. The van der Waals surface area contributed by atoms with E-state index in [0.29, 0.717) is 17.8 Å². The molecular formula is C48H78N10O11S2. The highest BCUT2D eigenvalue weighted by Gasteiger charge is 2.37. The number of rotatable bonds is 25. The molecule has 2 heterocycles. The van der Waals surface area contributed by atoms with Crippen LogP contribution in [0.1, 0.15) is 136 Å². The number of urea groups is 1. The van der Waals surface area contributed by atoms with Crippen molar-refractivity contribution in [1.82, 2.24) is 40.8 Å². The number of aromatic nitrogens is 1. The predicted octanol–water partition coefficient (Wildman–Crippen LogP) is 4.65. The number of ether oxygens (including phenoxy) is 2. The van der Waals surface area contributed by atoms with Gasteiger partial charge >= 0.3 is 12.1 Å². The monoisotopic (exact) mass is 1030 g/mol. The summed E-state index contributed by atoms with van der Waals surface area (Å²) in [5.74, 6) is -3.29. The molecule has 0 bridgehead atoms. The van der Waals surface area contributed by atoms with Gasteiger partial charge in [0.2, 0.25) is 23.6 Å². The Hall–Kier alpha value is -5.39. The summed E-state index contributed by atoms with van der Waals surface area (Å²) in [6.07, 6.45) is 2.47. The fraction of sp³-hybridized carbons (Fsp3) is 0.667. The number of anilines is 1. The first kappa shape index (κ1) is 59.9. The fourth-order valence-electron chi connectivity index (χ4n) is 8.00. The van der Waals surface area contributed by atoms with Gasteiger partial charge in [-0.05, 0) is 109 Å². The summed E-state index contributed by atoms with van der Waals surface area (Å²) in [5.41, 5.74) is 4.34. The summed E-state index contributed by atoms with van der Waals surface area (Å²) < 4.78 is 40.5. The van der Waals surface area contributed by atoms with Crippen molar-refractivity contribution in [3.8, 4) is 0 Å². The number of sulfonamides is 1. The number of primary amides is 1. The molecule has 0 spiro atoms. The summed E-state index contributed by atoms with van der Waals surface area (Å²) in [4.78, 5) is 99.9. The Morgan fingerprint density at radius 2 is 1.59 bits per heavy atom. The summed E-state index contributed by atoms with van der Waals surface area (Å²) in [7, 11) is -0.808. The summed E-state index contributed by atoms with van der Waals surface area (Å²) in [6.45, 7) is 19.4. The standard InChI is InChI=1S/C48H78N10O11S2/c1-13-30(7)39(54-42(61)35-19-15-16-25-57(35)11)45(63)58(12)36(28(3)4)26-37(68-14-2)44-53-34(27-70-44)41(60)56-71(66,67)32-22-20-31(21-23-32)51-40(59)33(18-17-24-50-46(49)64)52-43(62)38(29(5)6)55-47(65)69-48(8,9)10/h20-23,27-30,33,35-39H,13-19,24-26H2,1-12H3,(H,51,59)(H,52,62)(H,54,61)(H,55,65)(H,56,60)(H3,49,50,64)/t30-,33-,35+,36+,37+,38-,39-/m0/s1. The highest BCUT2D eigenvalue weighted by Crippen LogP contribution is 2.31. The molecule has 1 aliphatic rings. The van der Waals surface area contributed by atoms with Crippen LogP contribution in [0.2, 0.25) is 0 Å². The Labute approximate surface area is 423 Å². The van der Waals surface area contributed by atoms with Crippen molar-refractivity contribution in [2.75, 3.05) is 39.1 Å². The number of hydrogen-bond donors (Lipinski definition) is 7. The number of piperidine rings is 1. The molecule has 0 aliphatic carbocycles. The van der Waals surface area contributed by atoms with Crippen LogP contribution in [0.5, 0.6) is 0 Å². The van der Waals surface area contributed by atoms with E-state index in [1.54, 1.807) is 46.6 Å². The van der Waals surface area contributed by atoms with Gasteiger partial charge in [-0.2, -0.15) is 0 Å². The van der Waals surface area contributed by atoms with Gasteiger partial charge in [-0.1, -0.05) is 54.4 Å². The van der Waals surface area contributed by atoms with E-state index < -0.39 is 75.6 Å². The second-order valence-electron chi connectivity index (χ2n) is 19.7. The van der Waals surface area contributed by atoms with Crippen molar-refractivity contribution < 1.29 is 51.5 Å². The minimum atomic E-state index is -4.46. The maximum Gasteiger partial charge on any atom is 0.408 e. The van der Waals surface area contributed by atoms with Crippen LogP contribution in [0.4, 0.5) is 15.3 Å². The third-order valence-electron chi connectivity index (χ3n) is 12.2. The molecule has 7 atom stereocenters. The number of amides is 8. The van der Waals surface area contributed by atoms with Gasteiger partial charge in [0.1, 0.15) is 40.5 Å². The van der Waals surface area contributed by atoms with Crippen LogP contribution in [0.15, 0.2) is 34.5 Å². The molecule has 21 nitrogen and oxygen atoms in total. The highest BCUT2D eigenvalue weighted by molar-refractivity contribution is 7.90. The fourth-order valence-corrected chi connectivity index (χ4v) is 9.82. The van der Waals surface area contributed by atoms with E-state index in [4.69, 9.17) is 15.2 Å². The lowest BCUT2D eigenvalue weighted by Gasteiger charge is -2.38. The van der Waals surface area contributed by atoms with E-state index in [9.17, 15) is 42.0 Å². The molecule has 71 heavy (non-hydrogen) atoms. The van der Waals surface area contributed by atoms with Gasteiger partial charge in [-0.25, -0.2) is 27.7 Å². The average Bonchev–Trinajstić information content (AvgIpc) is 3.79. The largest absolute Gasteiger partial charge is 0.444 e. The number of likely N-dealkylation sites (N-methyl/N-ethyl adjacent to an activating group) is 2. The second-order valence-corrected chi connectivity index (χ2v) is 22.3. The third kappa shape index (κ3) is 18.6. The van der Waals surface area contributed by atoms with Crippen molar-refractivity contribution in [2.24, 2.45) is 23.5 Å². The molecule has 0 saturated carbocycles. The minimum Gasteiger partial charge on any atom is -0.444 e. The summed E-state index contributed by atoms with van der Waals surface area (Å²) in [5, 5.41) is 15.2. The average molecular weight is 1040 g/mol. The highest BCUT2D eigenvalue weighted by atomic mass is 32.2. The number of nitrogens with zero attached hydrogens (tertiary/aromatic N) is 3. The first-order valence-electron chi connectivity index (χ1n) is 24.3. The Balaban J connectivity index is 1.74. The maximum absolute atomic E-state index is 14.3. The lowest BCUT2D eigenvalue weighted by Crippen LogP contribution is -2.58. The molecule has 398 valence electrons. The van der Waals surface area contributed by atoms with E-state index in [2.05, 4.69) is 36.3 Å². The van der Waals surface area contributed by atoms with Gasteiger partial charge < -0.3 is 46.7 Å². The molecule has 0 unspecified atom stereocenters. The van der Waals surface area contributed by atoms with Crippen LogP contribution in [0, 0.1) is 17.8 Å². The van der Waals surface area contributed by atoms with E-state index in [1.807, 2.05) is 46.6 Å². The van der Waals surface area contributed by atoms with Gasteiger partial charge in [-0.3, -0.25) is 28.9 Å². The maximum atomic E-state index is 14.3. The lowest BCUT2D eigenvalue weighted by atomic mass is 9.92. The smallest absolute Gasteiger partial charge is 0.408 e. The number of carbonyl (C=O) groups is 7. The topological polar surface area (TPSA) is 290 Å². The number of nitrogens with two attached hydrogens (primary N) is 1. The van der Waals surface area contributed by atoms with Gasteiger partial charge in [0.05, 0.1) is 10.9 Å². The van der Waals surface area contributed by atoms with Crippen LogP contribution >= 0.6 is 11.3 Å². The van der Waals surface area contributed by atoms with Crippen LogP contribution in [-0.2, 0) is 38.7 Å². The van der Waals surface area contributed by atoms with E-state index >= 15 is 0 Å². The zero-order valence-corrected chi connectivity index (χ0v) is 45.0. The Bertz CT molecular complexity index is 2230. The minimum absolute atomic E-state index is 0.0462. The van der Waals surface area contributed by atoms with Crippen molar-refractivity contribution in [3.05, 3.63) is 40.3 Å². The predicted molar refractivity (Wildman–Crippen MR) is 271 cm³/mol. The zero-order valence-electron chi connectivity index (χ0n) is 43.4. The number of nitrogens with one attached hydrogen (secondary N) is 6. The molecule has 1 saturated heterocycles. The van der Waals surface area contributed by atoms with Gasteiger partial charge in [-0.15, -0.1) is 11.3 Å². The van der Waals surface area contributed by atoms with Crippen molar-refractivity contribution >= 4 is 68.7 Å². The quantitative estimate of drug-likeness (QED) is 0.0668. The van der Waals surface area contributed by atoms with E-state index in [1.165, 1.54) is 29.6 Å². The summed E-state index contributed by atoms with van der Waals surface area (Å²) in [6, 6.07) is 0.562. The molecular weight excluding hydrogens is 957 g/mol.